The average Bonchev–Trinajstić information content (AvgIpc) is 2.70. The van der Waals surface area contributed by atoms with Gasteiger partial charge in [-0.15, -0.1) is 0 Å². The maximum atomic E-state index is 13.3. The molecule has 0 spiro atoms. The molecule has 0 saturated carbocycles. The zero-order valence-corrected chi connectivity index (χ0v) is 14.5. The predicted octanol–water partition coefficient (Wildman–Crippen LogP) is 4.91. The molecule has 23 heavy (non-hydrogen) atoms. The van der Waals surface area contributed by atoms with Crippen molar-refractivity contribution < 1.29 is 4.57 Å². The fourth-order valence-electron chi connectivity index (χ4n) is 2.66. The van der Waals surface area contributed by atoms with Crippen molar-refractivity contribution in [3.63, 3.8) is 0 Å². The van der Waals surface area contributed by atoms with Crippen LogP contribution in [0.25, 0.3) is 0 Å². The summed E-state index contributed by atoms with van der Waals surface area (Å²) in [5, 5.41) is 0. The number of rotatable bonds is 4. The van der Waals surface area contributed by atoms with Gasteiger partial charge in [0.05, 0.1) is 0 Å². The topological polar surface area (TPSA) is 23.6 Å². The van der Waals surface area contributed by atoms with Gasteiger partial charge in [-0.25, -0.2) is 9.34 Å². The first-order valence-electron chi connectivity index (χ1n) is 7.69. The van der Waals surface area contributed by atoms with Crippen LogP contribution in [0.2, 0.25) is 0 Å². The third-order valence-corrected chi connectivity index (χ3v) is 7.20. The Morgan fingerprint density at radius 1 is 0.783 bits per heavy atom. The summed E-state index contributed by atoms with van der Waals surface area (Å²) in [5.74, 6) is 0. The zero-order chi connectivity index (χ0) is 16.1. The summed E-state index contributed by atoms with van der Waals surface area (Å²) in [6.45, 7) is -0.747. The van der Waals surface area contributed by atoms with Crippen LogP contribution < -0.4 is 0 Å². The first-order valence-corrected chi connectivity index (χ1v) is 10.2. The van der Waals surface area contributed by atoms with E-state index in [-0.39, 0.29) is 0 Å². The van der Waals surface area contributed by atoms with Gasteiger partial charge in [-0.05, 0) is 22.4 Å². The van der Waals surface area contributed by atoms with Crippen molar-refractivity contribution in [1.82, 2.24) is 9.34 Å². The van der Waals surface area contributed by atoms with Gasteiger partial charge in [0.2, 0.25) is 0 Å². The Kier molecular flexibility index (Phi) is 5.34. The van der Waals surface area contributed by atoms with E-state index in [4.69, 9.17) is 11.2 Å². The van der Waals surface area contributed by atoms with E-state index in [9.17, 15) is 4.57 Å². The summed E-state index contributed by atoms with van der Waals surface area (Å²) >= 11 is 6.58. The molecule has 3 rings (SSSR count). The Balaban J connectivity index is 1.80. The number of halogens is 1. The van der Waals surface area contributed by atoms with E-state index in [1.165, 1.54) is 0 Å². The lowest BCUT2D eigenvalue weighted by atomic mass is 10.2. The second kappa shape index (κ2) is 7.46. The van der Waals surface area contributed by atoms with Crippen LogP contribution in [0.3, 0.4) is 0 Å². The zero-order valence-electron chi connectivity index (χ0n) is 12.9. The van der Waals surface area contributed by atoms with Gasteiger partial charge in [-0.3, -0.25) is 4.57 Å². The van der Waals surface area contributed by atoms with Gasteiger partial charge in [0, 0.05) is 26.2 Å². The molecule has 0 aliphatic carbocycles. The van der Waals surface area contributed by atoms with Crippen molar-refractivity contribution in [2.45, 2.75) is 13.1 Å². The molecule has 0 bridgehead atoms. The molecule has 2 aromatic carbocycles. The van der Waals surface area contributed by atoms with E-state index in [1.54, 1.807) is 0 Å². The largest absolute Gasteiger partial charge is 0.305 e. The molecule has 1 heterocycles. The number of hydrogen-bond donors (Lipinski definition) is 0. The molecule has 0 amide bonds. The molecule has 3 nitrogen and oxygen atoms in total. The standard InChI is InChI=1S/C18H20ClN2OP/c19-23(22)20(15-17-9-3-1-4-10-17)13-7-8-14-21(23)16-18-11-5-2-6-12-18/h1-12H,13-16H2. The number of hydrogen-bond acceptors (Lipinski definition) is 1. The van der Waals surface area contributed by atoms with Gasteiger partial charge in [0.1, 0.15) is 0 Å². The molecule has 120 valence electrons. The van der Waals surface area contributed by atoms with Crippen LogP contribution >= 0.6 is 18.0 Å². The summed E-state index contributed by atoms with van der Waals surface area (Å²) in [6.07, 6.45) is 4.09. The highest BCUT2D eigenvalue weighted by Gasteiger charge is 2.35. The molecule has 0 unspecified atom stereocenters. The van der Waals surface area contributed by atoms with Crippen LogP contribution in [-0.2, 0) is 17.7 Å². The third kappa shape index (κ3) is 4.13. The first-order chi connectivity index (χ1) is 11.2. The van der Waals surface area contributed by atoms with Crippen LogP contribution in [0, 0.1) is 0 Å². The minimum absolute atomic E-state index is 0.581. The molecule has 1 aliphatic heterocycles. The highest BCUT2D eigenvalue weighted by Crippen LogP contribution is 2.59. The SMILES string of the molecule is O=P1(Cl)N(Cc2ccccc2)CC=CCN1Cc1ccccc1. The summed E-state index contributed by atoms with van der Waals surface area (Å²) in [6, 6.07) is 20.1. The van der Waals surface area contributed by atoms with E-state index in [2.05, 4.69) is 0 Å². The molecular weight excluding hydrogens is 327 g/mol. The maximum Gasteiger partial charge on any atom is 0.305 e. The van der Waals surface area contributed by atoms with Crippen molar-refractivity contribution in [2.24, 2.45) is 0 Å². The Morgan fingerprint density at radius 2 is 1.17 bits per heavy atom. The van der Waals surface area contributed by atoms with E-state index in [1.807, 2.05) is 82.2 Å². The quantitative estimate of drug-likeness (QED) is 0.580. The van der Waals surface area contributed by atoms with Gasteiger partial charge in [0.15, 0.2) is 0 Å². The number of benzene rings is 2. The van der Waals surface area contributed by atoms with Gasteiger partial charge in [-0.1, -0.05) is 72.8 Å². The van der Waals surface area contributed by atoms with E-state index in [0.29, 0.717) is 26.2 Å². The van der Waals surface area contributed by atoms with Gasteiger partial charge in [-0.2, -0.15) is 0 Å². The Labute approximate surface area is 142 Å². The first kappa shape index (κ1) is 16.5. The third-order valence-electron chi connectivity index (χ3n) is 3.91. The fraction of sp³-hybridized carbons (Fsp3) is 0.222. The molecule has 0 fully saturated rings. The molecule has 0 N–H and O–H groups in total. The van der Waals surface area contributed by atoms with Crippen LogP contribution in [0.4, 0.5) is 0 Å². The molecule has 0 aromatic heterocycles. The summed E-state index contributed by atoms with van der Waals surface area (Å²) in [4.78, 5) is 0. The Morgan fingerprint density at radius 3 is 1.57 bits per heavy atom. The highest BCUT2D eigenvalue weighted by molar-refractivity contribution is 7.85. The van der Waals surface area contributed by atoms with Crippen molar-refractivity contribution in [3.8, 4) is 0 Å². The normalized spacial score (nSPS) is 18.7. The molecule has 0 atom stereocenters. The molecule has 0 radical (unpaired) electrons. The Hall–Kier alpha value is -1.38. The molecule has 0 saturated heterocycles. The Bertz CT molecular complexity index is 648. The van der Waals surface area contributed by atoms with Crippen LogP contribution in [-0.4, -0.2) is 22.4 Å². The maximum absolute atomic E-state index is 13.3. The second-order valence-electron chi connectivity index (χ2n) is 5.61. The predicted molar refractivity (Wildman–Crippen MR) is 96.3 cm³/mol. The van der Waals surface area contributed by atoms with Crippen molar-refractivity contribution in [3.05, 3.63) is 83.9 Å². The van der Waals surface area contributed by atoms with Crippen LogP contribution in [0.5, 0.6) is 0 Å². The summed E-state index contributed by atoms with van der Waals surface area (Å²) in [5.41, 5.74) is 2.23. The lowest BCUT2D eigenvalue weighted by molar-refractivity contribution is 0.374. The van der Waals surface area contributed by atoms with Gasteiger partial charge in [0.25, 0.3) is 0 Å². The second-order valence-corrected chi connectivity index (χ2v) is 9.01. The highest BCUT2D eigenvalue weighted by atomic mass is 35.7. The van der Waals surface area contributed by atoms with E-state index in [0.717, 1.165) is 11.1 Å². The van der Waals surface area contributed by atoms with Crippen LogP contribution in [0.15, 0.2) is 72.8 Å². The minimum atomic E-state index is -3.10. The fourth-order valence-corrected chi connectivity index (χ4v) is 4.98. The molecule has 5 heteroatoms. The summed E-state index contributed by atoms with van der Waals surface area (Å²) < 4.78 is 17.0. The van der Waals surface area contributed by atoms with Crippen molar-refractivity contribution in [2.75, 3.05) is 13.1 Å². The lowest BCUT2D eigenvalue weighted by Gasteiger charge is -2.32. The van der Waals surface area contributed by atoms with E-state index >= 15 is 0 Å². The van der Waals surface area contributed by atoms with Gasteiger partial charge >= 0.3 is 6.80 Å². The number of nitrogens with zero attached hydrogens (tertiary/aromatic N) is 2. The summed E-state index contributed by atoms with van der Waals surface area (Å²) in [7, 11) is 0. The molecule has 1 aliphatic rings. The van der Waals surface area contributed by atoms with Crippen molar-refractivity contribution >= 4 is 18.0 Å². The van der Waals surface area contributed by atoms with E-state index < -0.39 is 6.80 Å². The smallest absolute Gasteiger partial charge is 0.271 e. The van der Waals surface area contributed by atoms with Crippen molar-refractivity contribution in [1.29, 1.82) is 0 Å². The van der Waals surface area contributed by atoms with Gasteiger partial charge < -0.3 is 0 Å². The average molecular weight is 347 g/mol. The lowest BCUT2D eigenvalue weighted by Crippen LogP contribution is -2.27. The molecular formula is C18H20ClN2OP. The monoisotopic (exact) mass is 346 g/mol. The minimum Gasteiger partial charge on any atom is -0.271 e. The van der Waals surface area contributed by atoms with Crippen LogP contribution in [0.1, 0.15) is 11.1 Å². The molecule has 2 aromatic rings.